The maximum atomic E-state index is 15.8. The van der Waals surface area contributed by atoms with Gasteiger partial charge in [0.05, 0.1) is 46.8 Å². The normalized spacial score (nSPS) is 23.7. The third-order valence-electron chi connectivity index (χ3n) is 10.5. The molecule has 12 heteroatoms. The molecule has 1 N–H and O–H groups in total. The van der Waals surface area contributed by atoms with Gasteiger partial charge in [-0.1, -0.05) is 65.7 Å². The molecular formula is C41H30Cl2N6O4. The Morgan fingerprint density at radius 2 is 1.38 bits per heavy atom. The Bertz CT molecular complexity index is 2300. The average Bonchev–Trinajstić information content (AvgIpc) is 3.51. The highest BCUT2D eigenvalue weighted by Crippen LogP contribution is 2.65. The van der Waals surface area contributed by atoms with E-state index in [0.717, 1.165) is 0 Å². The Hall–Kier alpha value is -5.84. The maximum Gasteiger partial charge on any atom is 0.235 e. The molecule has 3 aromatic heterocycles. The molecule has 0 radical (unpaired) electrons. The second-order valence-corrected chi connectivity index (χ2v) is 14.0. The summed E-state index contributed by atoms with van der Waals surface area (Å²) in [5.41, 5.74) is 0.823. The van der Waals surface area contributed by atoms with E-state index in [9.17, 15) is 9.90 Å². The lowest BCUT2D eigenvalue weighted by Crippen LogP contribution is -2.60. The molecule has 0 aliphatic carbocycles. The van der Waals surface area contributed by atoms with Gasteiger partial charge in [0.15, 0.2) is 11.6 Å². The standard InChI is InChI=1S/C41H30Cl2N6O4/c42-26-12-8-24(9-13-26)29-21-41(33-23-45-18-20-48-33)36(39(52)31-22-44-17-19-47-31)34(25-10-14-27(43)15-11-25)37(30-6-3-4-16-46-30)49(41)40(53)35(29)38(51)28-5-1-2-7-32(28)50/h1-20,22-23,29,34-37,50H,21H2/t29-,34+,35+,36-,37-,41+/m1/s1. The van der Waals surface area contributed by atoms with E-state index in [4.69, 9.17) is 33.2 Å². The highest BCUT2D eigenvalue weighted by molar-refractivity contribution is 6.30. The van der Waals surface area contributed by atoms with Gasteiger partial charge in [-0.15, -0.1) is 0 Å². The highest BCUT2D eigenvalue weighted by atomic mass is 35.5. The molecule has 2 aliphatic rings. The van der Waals surface area contributed by atoms with E-state index < -0.39 is 46.9 Å². The fourth-order valence-corrected chi connectivity index (χ4v) is 8.59. The Morgan fingerprint density at radius 1 is 0.717 bits per heavy atom. The largest absolute Gasteiger partial charge is 0.507 e. The molecule has 2 aliphatic heterocycles. The first-order chi connectivity index (χ1) is 25.8. The first kappa shape index (κ1) is 34.3. The molecule has 8 rings (SSSR count). The van der Waals surface area contributed by atoms with Crippen molar-refractivity contribution in [3.63, 3.8) is 0 Å². The molecule has 2 saturated heterocycles. The zero-order valence-corrected chi connectivity index (χ0v) is 29.4. The number of halogens is 2. The lowest BCUT2D eigenvalue weighted by Gasteiger charge is -2.51. The molecule has 3 aromatic carbocycles. The molecule has 6 aromatic rings. The smallest absolute Gasteiger partial charge is 0.235 e. The number of pyridine rings is 1. The van der Waals surface area contributed by atoms with Gasteiger partial charge in [-0.3, -0.25) is 34.3 Å². The molecule has 1 amide bonds. The molecule has 6 atom stereocenters. The monoisotopic (exact) mass is 740 g/mol. The Morgan fingerprint density at radius 3 is 2.00 bits per heavy atom. The third-order valence-corrected chi connectivity index (χ3v) is 11.0. The van der Waals surface area contributed by atoms with Crippen molar-refractivity contribution >= 4 is 40.7 Å². The molecule has 0 unspecified atom stereocenters. The number of aromatic hydroxyl groups is 1. The van der Waals surface area contributed by atoms with Crippen LogP contribution in [0.15, 0.2) is 134 Å². The van der Waals surface area contributed by atoms with Gasteiger partial charge in [-0.2, -0.15) is 0 Å². The van der Waals surface area contributed by atoms with Crippen LogP contribution in [0.4, 0.5) is 0 Å². The zero-order chi connectivity index (χ0) is 36.7. The van der Waals surface area contributed by atoms with Crippen molar-refractivity contribution in [2.24, 2.45) is 11.8 Å². The van der Waals surface area contributed by atoms with E-state index in [2.05, 4.69) is 15.0 Å². The Labute approximate surface area is 314 Å². The summed E-state index contributed by atoms with van der Waals surface area (Å²) in [7, 11) is 0. The number of rotatable bonds is 8. The van der Waals surface area contributed by atoms with Crippen LogP contribution in [0, 0.1) is 11.8 Å². The number of benzene rings is 3. The Balaban J connectivity index is 1.47. The van der Waals surface area contributed by atoms with Crippen molar-refractivity contribution in [1.29, 1.82) is 0 Å². The van der Waals surface area contributed by atoms with Crippen LogP contribution in [0.5, 0.6) is 5.75 Å². The SMILES string of the molecule is O=C(c1ccccc1O)[C@H]1C(=O)N2[C@H](c3ccccn3)[C@@H](c3ccc(Cl)cc3)[C@H](C(=O)c3cnccn3)[C@@]2(c2cnccn2)C[C@@H]1c1ccc(Cl)cc1. The lowest BCUT2D eigenvalue weighted by atomic mass is 9.62. The number of phenolic OH excluding ortho intramolecular Hbond substituents is 1. The van der Waals surface area contributed by atoms with Gasteiger partial charge < -0.3 is 10.0 Å². The van der Waals surface area contributed by atoms with Crippen LogP contribution < -0.4 is 0 Å². The predicted octanol–water partition coefficient (Wildman–Crippen LogP) is 7.42. The molecule has 0 saturated carbocycles. The number of amides is 1. The molecule has 53 heavy (non-hydrogen) atoms. The fraction of sp³-hybridized carbons (Fsp3) is 0.171. The van der Waals surface area contributed by atoms with E-state index in [-0.39, 0.29) is 29.2 Å². The van der Waals surface area contributed by atoms with Crippen molar-refractivity contribution in [2.45, 2.75) is 29.8 Å². The van der Waals surface area contributed by atoms with Crippen LogP contribution in [0.1, 0.15) is 67.7 Å². The molecule has 10 nitrogen and oxygen atoms in total. The van der Waals surface area contributed by atoms with E-state index >= 15 is 9.59 Å². The molecule has 0 bridgehead atoms. The number of hydrogen-bond donors (Lipinski definition) is 1. The second-order valence-electron chi connectivity index (χ2n) is 13.2. The van der Waals surface area contributed by atoms with Crippen LogP contribution in [-0.2, 0) is 10.3 Å². The summed E-state index contributed by atoms with van der Waals surface area (Å²) >= 11 is 12.8. The minimum atomic E-state index is -1.51. The summed E-state index contributed by atoms with van der Waals surface area (Å²) in [6, 6.07) is 24.8. The number of carbonyl (C=O) groups excluding carboxylic acids is 3. The highest BCUT2D eigenvalue weighted by Gasteiger charge is 2.70. The Kier molecular flexibility index (Phi) is 9.01. The van der Waals surface area contributed by atoms with E-state index in [1.807, 2.05) is 24.3 Å². The maximum absolute atomic E-state index is 15.8. The summed E-state index contributed by atoms with van der Waals surface area (Å²) in [4.78, 5) is 70.3. The van der Waals surface area contributed by atoms with E-state index in [1.165, 1.54) is 43.1 Å². The number of para-hydroxylation sites is 1. The first-order valence-electron chi connectivity index (χ1n) is 16.9. The zero-order valence-electron chi connectivity index (χ0n) is 27.9. The quantitative estimate of drug-likeness (QED) is 0.125. The van der Waals surface area contributed by atoms with Gasteiger partial charge in [-0.25, -0.2) is 4.98 Å². The molecular weight excluding hydrogens is 711 g/mol. The fourth-order valence-electron chi connectivity index (χ4n) is 8.34. The topological polar surface area (TPSA) is 139 Å². The molecule has 2 fully saturated rings. The number of piperidine rings is 1. The average molecular weight is 742 g/mol. The number of carbonyl (C=O) groups is 3. The lowest BCUT2D eigenvalue weighted by molar-refractivity contribution is -0.149. The molecule has 0 spiro atoms. The predicted molar refractivity (Wildman–Crippen MR) is 196 cm³/mol. The van der Waals surface area contributed by atoms with Crippen LogP contribution in [-0.4, -0.2) is 52.4 Å². The van der Waals surface area contributed by atoms with Gasteiger partial charge in [0.1, 0.15) is 17.4 Å². The number of hydrogen-bond acceptors (Lipinski definition) is 9. The van der Waals surface area contributed by atoms with Crippen LogP contribution in [0.25, 0.3) is 0 Å². The minimum absolute atomic E-state index is 0.00633. The van der Waals surface area contributed by atoms with Crippen molar-refractivity contribution in [3.05, 3.63) is 178 Å². The number of nitrogens with zero attached hydrogens (tertiary/aromatic N) is 6. The summed E-state index contributed by atoms with van der Waals surface area (Å²) in [6.07, 6.45) is 10.7. The van der Waals surface area contributed by atoms with Crippen molar-refractivity contribution < 1.29 is 19.5 Å². The molecule has 262 valence electrons. The van der Waals surface area contributed by atoms with Crippen LogP contribution in [0.2, 0.25) is 10.0 Å². The van der Waals surface area contributed by atoms with Crippen molar-refractivity contribution in [1.82, 2.24) is 29.8 Å². The van der Waals surface area contributed by atoms with Gasteiger partial charge in [-0.05, 0) is 66.1 Å². The van der Waals surface area contributed by atoms with Crippen molar-refractivity contribution in [3.8, 4) is 5.75 Å². The van der Waals surface area contributed by atoms with Gasteiger partial charge >= 0.3 is 0 Å². The van der Waals surface area contributed by atoms with Gasteiger partial charge in [0.25, 0.3) is 0 Å². The number of phenols is 1. The third kappa shape index (κ3) is 5.84. The minimum Gasteiger partial charge on any atom is -0.507 e. The summed E-state index contributed by atoms with van der Waals surface area (Å²) in [6.45, 7) is 0. The van der Waals surface area contributed by atoms with Gasteiger partial charge in [0, 0.05) is 52.9 Å². The summed E-state index contributed by atoms with van der Waals surface area (Å²) in [5, 5.41) is 11.9. The number of fused-ring (bicyclic) bond motifs is 1. The first-order valence-corrected chi connectivity index (χ1v) is 17.7. The van der Waals surface area contributed by atoms with Crippen LogP contribution in [0.3, 0.4) is 0 Å². The number of Topliss-reactive ketones (excluding diaryl/α,β-unsaturated/α-hetero) is 2. The summed E-state index contributed by atoms with van der Waals surface area (Å²) in [5.74, 6) is -5.65. The van der Waals surface area contributed by atoms with Crippen molar-refractivity contribution in [2.75, 3.05) is 0 Å². The second kappa shape index (κ2) is 13.9. The van der Waals surface area contributed by atoms with Gasteiger partial charge in [0.2, 0.25) is 5.91 Å². The van der Waals surface area contributed by atoms with Crippen LogP contribution >= 0.6 is 23.2 Å². The summed E-state index contributed by atoms with van der Waals surface area (Å²) < 4.78 is 0. The number of aromatic nitrogens is 5. The van der Waals surface area contributed by atoms with E-state index in [0.29, 0.717) is 32.6 Å². The van der Waals surface area contributed by atoms with E-state index in [1.54, 1.807) is 71.9 Å². The molecule has 5 heterocycles. The number of ketones is 2.